The lowest BCUT2D eigenvalue weighted by atomic mass is 10.1. The number of sulfonamides is 1. The van der Waals surface area contributed by atoms with Gasteiger partial charge in [-0.05, 0) is 86.0 Å². The van der Waals surface area contributed by atoms with Gasteiger partial charge < -0.3 is 15.0 Å². The summed E-state index contributed by atoms with van der Waals surface area (Å²) in [4.78, 5) is 28.7. The number of hydrogen-bond acceptors (Lipinski definition) is 5. The zero-order chi connectivity index (χ0) is 33.4. The van der Waals surface area contributed by atoms with E-state index in [9.17, 15) is 18.0 Å². The average Bonchev–Trinajstić information content (AvgIpc) is 3.03. The molecule has 0 unspecified atom stereocenters. The number of rotatable bonds is 13. The number of carbonyl (C=O) groups excluding carboxylic acids is 2. The van der Waals surface area contributed by atoms with Gasteiger partial charge >= 0.3 is 0 Å². The van der Waals surface area contributed by atoms with E-state index in [0.717, 1.165) is 9.87 Å². The number of nitrogens with zero attached hydrogens (tertiary/aromatic N) is 2. The second kappa shape index (κ2) is 15.5. The first-order valence-corrected chi connectivity index (χ1v) is 17.0. The van der Waals surface area contributed by atoms with Crippen LogP contribution in [-0.2, 0) is 26.2 Å². The van der Waals surface area contributed by atoms with Crippen LogP contribution in [0.1, 0.15) is 31.9 Å². The number of amides is 2. The first kappa shape index (κ1) is 34.8. The third kappa shape index (κ3) is 9.02. The number of hydrogen-bond donors (Lipinski definition) is 1. The molecule has 0 bridgehead atoms. The summed E-state index contributed by atoms with van der Waals surface area (Å²) in [6, 6.07) is 25.9. The Bertz CT molecular complexity index is 1750. The van der Waals surface area contributed by atoms with Crippen molar-refractivity contribution in [3.05, 3.63) is 118 Å². The Morgan fingerprint density at radius 2 is 1.48 bits per heavy atom. The Hall–Kier alpha value is -4.05. The molecule has 2 amide bonds. The fourth-order valence-corrected chi connectivity index (χ4v) is 6.42. The molecule has 46 heavy (non-hydrogen) atoms. The summed E-state index contributed by atoms with van der Waals surface area (Å²) >= 11 is 12.6. The Balaban J connectivity index is 1.71. The quantitative estimate of drug-likeness (QED) is 0.158. The van der Waals surface area contributed by atoms with E-state index in [1.54, 1.807) is 73.7 Å². The Morgan fingerprint density at radius 1 is 0.848 bits per heavy atom. The van der Waals surface area contributed by atoms with Crippen molar-refractivity contribution in [2.45, 2.75) is 45.2 Å². The topological polar surface area (TPSA) is 96.0 Å². The molecule has 4 rings (SSSR count). The average molecular weight is 683 g/mol. The van der Waals surface area contributed by atoms with Gasteiger partial charge in [-0.3, -0.25) is 13.9 Å². The fourth-order valence-electron chi connectivity index (χ4n) is 4.54. The lowest BCUT2D eigenvalue weighted by Gasteiger charge is -2.32. The number of nitrogens with one attached hydrogen (secondary N) is 1. The highest BCUT2D eigenvalue weighted by molar-refractivity contribution is 7.92. The molecule has 0 spiro atoms. The summed E-state index contributed by atoms with van der Waals surface area (Å²) in [5.74, 6) is 0.329. The molecule has 0 aliphatic heterocycles. The van der Waals surface area contributed by atoms with Crippen molar-refractivity contribution >= 4 is 50.7 Å². The van der Waals surface area contributed by atoms with Crippen LogP contribution >= 0.6 is 23.2 Å². The fraction of sp³-hybridized carbons (Fsp3) is 0.257. The molecule has 1 atom stereocenters. The predicted molar refractivity (Wildman–Crippen MR) is 183 cm³/mol. The minimum atomic E-state index is -4.22. The first-order chi connectivity index (χ1) is 21.8. The highest BCUT2D eigenvalue weighted by Gasteiger charge is 2.33. The molecule has 0 radical (unpaired) electrons. The highest BCUT2D eigenvalue weighted by atomic mass is 35.5. The SMILES string of the molecule is Cc1ccc(S(=O)(=O)N(CC(=O)N(Cc2ccc(Cl)cc2Cl)[C@H](C)C(=O)NCC(C)C)c2ccc(Oc3ccccc3)cc2)cc1. The third-order valence-corrected chi connectivity index (χ3v) is 9.57. The van der Waals surface area contributed by atoms with Crippen molar-refractivity contribution in [2.75, 3.05) is 17.4 Å². The van der Waals surface area contributed by atoms with Crippen LogP contribution in [0.2, 0.25) is 10.0 Å². The molecule has 8 nitrogen and oxygen atoms in total. The van der Waals surface area contributed by atoms with Gasteiger partial charge in [0.1, 0.15) is 24.1 Å². The van der Waals surface area contributed by atoms with Gasteiger partial charge in [0.15, 0.2) is 0 Å². The van der Waals surface area contributed by atoms with Crippen LogP contribution in [0, 0.1) is 12.8 Å². The van der Waals surface area contributed by atoms with Crippen molar-refractivity contribution in [3.8, 4) is 11.5 Å². The minimum absolute atomic E-state index is 0.0190. The summed E-state index contributed by atoms with van der Waals surface area (Å²) < 4.78 is 35.2. The van der Waals surface area contributed by atoms with Gasteiger partial charge in [-0.25, -0.2) is 8.42 Å². The molecule has 0 saturated heterocycles. The van der Waals surface area contributed by atoms with E-state index in [0.29, 0.717) is 33.7 Å². The van der Waals surface area contributed by atoms with Crippen molar-refractivity contribution in [1.82, 2.24) is 10.2 Å². The van der Waals surface area contributed by atoms with E-state index in [1.807, 2.05) is 39.0 Å². The predicted octanol–water partition coefficient (Wildman–Crippen LogP) is 7.48. The van der Waals surface area contributed by atoms with Crippen molar-refractivity contribution in [1.29, 1.82) is 0 Å². The maximum Gasteiger partial charge on any atom is 0.264 e. The standard InChI is InChI=1S/C35H37Cl2N3O5S/c1-24(2)21-38-35(42)26(4)39(22-27-12-13-28(36)20-33(27)37)34(41)23-40(46(43,44)32-18-10-25(3)11-19-32)29-14-16-31(17-15-29)45-30-8-6-5-7-9-30/h5-20,24,26H,21-23H2,1-4H3,(H,38,42)/t26-/m1/s1. The monoisotopic (exact) mass is 681 g/mol. The molecule has 0 aliphatic rings. The number of ether oxygens (including phenoxy) is 1. The molecular weight excluding hydrogens is 645 g/mol. The summed E-state index contributed by atoms with van der Waals surface area (Å²) in [5, 5.41) is 3.61. The van der Waals surface area contributed by atoms with Crippen LogP contribution in [0.4, 0.5) is 5.69 Å². The second-order valence-corrected chi connectivity index (χ2v) is 14.0. The number of benzene rings is 4. The van der Waals surface area contributed by atoms with Crippen molar-refractivity contribution < 1.29 is 22.7 Å². The number of aryl methyl sites for hydroxylation is 1. The van der Waals surface area contributed by atoms with Crippen molar-refractivity contribution in [2.24, 2.45) is 5.92 Å². The number of carbonyl (C=O) groups is 2. The largest absolute Gasteiger partial charge is 0.457 e. The molecule has 0 aromatic heterocycles. The molecule has 11 heteroatoms. The normalized spacial score (nSPS) is 12.0. The Labute approximate surface area is 280 Å². The molecule has 0 saturated carbocycles. The van der Waals surface area contributed by atoms with Gasteiger partial charge in [-0.2, -0.15) is 0 Å². The maximum atomic E-state index is 14.2. The van der Waals surface area contributed by atoms with Gasteiger partial charge in [-0.1, -0.05) is 79.0 Å². The third-order valence-electron chi connectivity index (χ3n) is 7.20. The summed E-state index contributed by atoms with van der Waals surface area (Å²) in [6.45, 7) is 7.17. The van der Waals surface area contributed by atoms with E-state index in [1.165, 1.54) is 17.0 Å². The van der Waals surface area contributed by atoms with E-state index < -0.39 is 28.5 Å². The first-order valence-electron chi connectivity index (χ1n) is 14.8. The molecule has 4 aromatic carbocycles. The van der Waals surface area contributed by atoms with Crippen LogP contribution in [-0.4, -0.2) is 44.3 Å². The van der Waals surface area contributed by atoms with Gasteiger partial charge in [0, 0.05) is 23.1 Å². The van der Waals surface area contributed by atoms with Gasteiger partial charge in [0.05, 0.1) is 10.6 Å². The van der Waals surface area contributed by atoms with Gasteiger partial charge in [-0.15, -0.1) is 0 Å². The molecule has 242 valence electrons. The van der Waals surface area contributed by atoms with E-state index >= 15 is 0 Å². The maximum absolute atomic E-state index is 14.2. The summed E-state index contributed by atoms with van der Waals surface area (Å²) in [6.07, 6.45) is 0. The molecular formula is C35H37Cl2N3O5S. The number of para-hydroxylation sites is 1. The summed E-state index contributed by atoms with van der Waals surface area (Å²) in [7, 11) is -4.22. The van der Waals surface area contributed by atoms with Crippen LogP contribution in [0.5, 0.6) is 11.5 Å². The molecule has 0 fully saturated rings. The molecule has 1 N–H and O–H groups in total. The molecule has 4 aromatic rings. The lowest BCUT2D eigenvalue weighted by molar-refractivity contribution is -0.139. The zero-order valence-electron chi connectivity index (χ0n) is 26.1. The van der Waals surface area contributed by atoms with E-state index in [4.69, 9.17) is 27.9 Å². The Kier molecular flexibility index (Phi) is 11.7. The van der Waals surface area contributed by atoms with E-state index in [2.05, 4.69) is 5.32 Å². The van der Waals surface area contributed by atoms with Crippen LogP contribution in [0.25, 0.3) is 0 Å². The molecule has 0 aliphatic carbocycles. The van der Waals surface area contributed by atoms with Gasteiger partial charge in [0.25, 0.3) is 10.0 Å². The van der Waals surface area contributed by atoms with Crippen LogP contribution in [0.15, 0.2) is 102 Å². The van der Waals surface area contributed by atoms with Crippen molar-refractivity contribution in [3.63, 3.8) is 0 Å². The van der Waals surface area contributed by atoms with Crippen LogP contribution < -0.4 is 14.4 Å². The number of anilines is 1. The smallest absolute Gasteiger partial charge is 0.264 e. The molecule has 0 heterocycles. The Morgan fingerprint density at radius 3 is 2.09 bits per heavy atom. The minimum Gasteiger partial charge on any atom is -0.457 e. The highest BCUT2D eigenvalue weighted by Crippen LogP contribution is 2.29. The second-order valence-electron chi connectivity index (χ2n) is 11.3. The van der Waals surface area contributed by atoms with Gasteiger partial charge in [0.2, 0.25) is 11.8 Å². The van der Waals surface area contributed by atoms with E-state index in [-0.39, 0.29) is 29.0 Å². The lowest BCUT2D eigenvalue weighted by Crippen LogP contribution is -2.51. The number of halogens is 2. The zero-order valence-corrected chi connectivity index (χ0v) is 28.4. The summed E-state index contributed by atoms with van der Waals surface area (Å²) in [5.41, 5.74) is 1.69. The van der Waals surface area contributed by atoms with Crippen LogP contribution in [0.3, 0.4) is 0 Å².